The maximum Gasteiger partial charge on any atom is 0.255 e. The van der Waals surface area contributed by atoms with Crippen molar-refractivity contribution in [1.82, 2.24) is 4.90 Å². The highest BCUT2D eigenvalue weighted by atomic mass is 17.2. The Kier molecular flexibility index (Phi) is 4.43. The summed E-state index contributed by atoms with van der Waals surface area (Å²) in [5.74, 6) is 1.61. The summed E-state index contributed by atoms with van der Waals surface area (Å²) < 4.78 is 10.9. The molecular weight excluding hydrogens is 386 g/mol. The Hall–Kier alpha value is -3.06. The fourth-order valence-electron chi connectivity index (χ4n) is 4.71. The van der Waals surface area contributed by atoms with Crippen molar-refractivity contribution in [1.29, 1.82) is 0 Å². The number of rotatable bonds is 5. The molecule has 7 heteroatoms. The van der Waals surface area contributed by atoms with Gasteiger partial charge >= 0.3 is 0 Å². The lowest BCUT2D eigenvalue weighted by molar-refractivity contribution is -0.194. The Morgan fingerprint density at radius 2 is 2.03 bits per heavy atom. The number of fused-ring (bicyclic) bond motifs is 5. The number of amides is 1. The van der Waals surface area contributed by atoms with Gasteiger partial charge in [-0.05, 0) is 35.8 Å². The average molecular weight is 409 g/mol. The van der Waals surface area contributed by atoms with Crippen molar-refractivity contribution in [2.75, 3.05) is 20.8 Å². The van der Waals surface area contributed by atoms with Crippen LogP contribution in [-0.2, 0) is 25.8 Å². The normalized spacial score (nSPS) is 21.8. The van der Waals surface area contributed by atoms with Crippen LogP contribution in [0, 0.1) is 0 Å². The predicted molar refractivity (Wildman–Crippen MR) is 106 cm³/mol. The molecule has 2 heterocycles. The highest BCUT2D eigenvalue weighted by molar-refractivity contribution is 6.19. The maximum atomic E-state index is 13.6. The molecule has 1 aromatic rings. The van der Waals surface area contributed by atoms with Crippen LogP contribution in [0.25, 0.3) is 0 Å². The number of unbranched alkanes of at least 4 members (excludes halogenated alkanes) is 1. The van der Waals surface area contributed by atoms with E-state index >= 15 is 0 Å². The second-order valence-corrected chi connectivity index (χ2v) is 7.80. The zero-order valence-electron chi connectivity index (χ0n) is 17.2. The van der Waals surface area contributed by atoms with Crippen molar-refractivity contribution in [3.8, 4) is 5.75 Å². The molecule has 0 saturated carbocycles. The fourth-order valence-corrected chi connectivity index (χ4v) is 4.71. The van der Waals surface area contributed by atoms with Crippen LogP contribution in [0.4, 0.5) is 0 Å². The van der Waals surface area contributed by atoms with Gasteiger partial charge in [-0.2, -0.15) is 4.89 Å². The van der Waals surface area contributed by atoms with Gasteiger partial charge in [-0.15, -0.1) is 0 Å². The quantitative estimate of drug-likeness (QED) is 0.693. The first kappa shape index (κ1) is 18.9. The van der Waals surface area contributed by atoms with Gasteiger partial charge in [-0.25, -0.2) is 0 Å². The van der Waals surface area contributed by atoms with Gasteiger partial charge in [0.2, 0.25) is 0 Å². The molecule has 0 aromatic heterocycles. The zero-order valence-corrected chi connectivity index (χ0v) is 17.2. The standard InChI is InChI=1S/C23H23NO6/c1-4-5-6-24-21-14-9-17-12(11-29-30-17)7-15(14)22(25)20(21)13-8-18(27-2)19(28-3)10-16(13)23(24)26/h7,9-10,21H,4-6,8,11H2,1-3H3. The van der Waals surface area contributed by atoms with E-state index < -0.39 is 6.04 Å². The molecule has 0 spiro atoms. The van der Waals surface area contributed by atoms with E-state index in [-0.39, 0.29) is 11.7 Å². The summed E-state index contributed by atoms with van der Waals surface area (Å²) in [4.78, 5) is 39.3. The second-order valence-electron chi connectivity index (χ2n) is 7.80. The Morgan fingerprint density at radius 3 is 2.77 bits per heavy atom. The first-order chi connectivity index (χ1) is 14.6. The van der Waals surface area contributed by atoms with Gasteiger partial charge in [0.05, 0.1) is 20.3 Å². The summed E-state index contributed by atoms with van der Waals surface area (Å²) in [6, 6.07) is 3.27. The van der Waals surface area contributed by atoms with E-state index in [1.54, 1.807) is 20.3 Å². The molecule has 0 radical (unpaired) electrons. The molecule has 2 aliphatic heterocycles. The highest BCUT2D eigenvalue weighted by Gasteiger charge is 2.48. The Morgan fingerprint density at radius 1 is 1.20 bits per heavy atom. The Bertz CT molecular complexity index is 1060. The smallest absolute Gasteiger partial charge is 0.255 e. The van der Waals surface area contributed by atoms with Crippen molar-refractivity contribution < 1.29 is 28.8 Å². The van der Waals surface area contributed by atoms with Crippen LogP contribution in [0.3, 0.4) is 0 Å². The number of benzene rings is 1. The number of nitrogens with zero attached hydrogens (tertiary/aromatic N) is 1. The second kappa shape index (κ2) is 7.02. The molecule has 1 amide bonds. The van der Waals surface area contributed by atoms with Gasteiger partial charge in [-0.1, -0.05) is 13.3 Å². The van der Waals surface area contributed by atoms with Gasteiger partial charge in [0.25, 0.3) is 5.91 Å². The molecule has 1 aromatic carbocycles. The molecule has 0 N–H and O–H groups in total. The van der Waals surface area contributed by atoms with Crippen molar-refractivity contribution in [3.63, 3.8) is 0 Å². The van der Waals surface area contributed by atoms with E-state index in [9.17, 15) is 9.59 Å². The molecule has 30 heavy (non-hydrogen) atoms. The molecule has 1 atom stereocenters. The summed E-state index contributed by atoms with van der Waals surface area (Å²) in [6.07, 6.45) is 3.85. The SMILES string of the molecule is CCCCN1C(=O)C2=CC(OC)=C(OC)CC2=C2C(=O)c3cc4c(cc3C21)OOC4. The predicted octanol–water partition coefficient (Wildman–Crippen LogP) is 3.52. The summed E-state index contributed by atoms with van der Waals surface area (Å²) in [7, 11) is 3.12. The minimum absolute atomic E-state index is 0.0454. The third kappa shape index (κ3) is 2.55. The number of ether oxygens (including phenoxy) is 2. The molecule has 0 fully saturated rings. The molecule has 2 aliphatic carbocycles. The number of allylic oxidation sites excluding steroid dienone is 2. The van der Waals surface area contributed by atoms with Crippen molar-refractivity contribution in [2.24, 2.45) is 0 Å². The molecule has 156 valence electrons. The zero-order chi connectivity index (χ0) is 21.0. The van der Waals surface area contributed by atoms with E-state index in [4.69, 9.17) is 19.2 Å². The van der Waals surface area contributed by atoms with E-state index in [1.807, 2.05) is 17.0 Å². The van der Waals surface area contributed by atoms with E-state index in [2.05, 4.69) is 6.92 Å². The molecule has 1 unspecified atom stereocenters. The van der Waals surface area contributed by atoms with Gasteiger partial charge in [0, 0.05) is 35.2 Å². The lowest BCUT2D eigenvalue weighted by atomic mass is 9.83. The van der Waals surface area contributed by atoms with E-state index in [0.717, 1.165) is 29.5 Å². The summed E-state index contributed by atoms with van der Waals surface area (Å²) in [5, 5.41) is 0. The van der Waals surface area contributed by atoms with Gasteiger partial charge in [0.15, 0.2) is 17.3 Å². The van der Waals surface area contributed by atoms with Crippen molar-refractivity contribution >= 4 is 11.7 Å². The first-order valence-corrected chi connectivity index (χ1v) is 10.2. The van der Waals surface area contributed by atoms with Gasteiger partial charge in [0.1, 0.15) is 12.4 Å². The molecule has 5 rings (SSSR count). The summed E-state index contributed by atoms with van der Waals surface area (Å²) >= 11 is 0. The van der Waals surface area contributed by atoms with Crippen LogP contribution in [0.2, 0.25) is 0 Å². The number of Topliss-reactive ketones (excluding diaryl/α,β-unsaturated/α-hetero) is 1. The van der Waals surface area contributed by atoms with Crippen LogP contribution in [0.5, 0.6) is 5.75 Å². The van der Waals surface area contributed by atoms with E-state index in [1.165, 1.54) is 0 Å². The average Bonchev–Trinajstić information content (AvgIpc) is 3.33. The van der Waals surface area contributed by atoms with Crippen LogP contribution in [0.1, 0.15) is 53.7 Å². The number of carbonyl (C=O) groups excluding carboxylic acids is 2. The number of hydrogen-bond acceptors (Lipinski definition) is 6. The lowest BCUT2D eigenvalue weighted by Crippen LogP contribution is -2.42. The van der Waals surface area contributed by atoms with E-state index in [0.29, 0.717) is 53.5 Å². The largest absolute Gasteiger partial charge is 0.497 e. The summed E-state index contributed by atoms with van der Waals surface area (Å²) in [5.41, 5.74) is 4.16. The van der Waals surface area contributed by atoms with Crippen LogP contribution in [0.15, 0.2) is 46.4 Å². The van der Waals surface area contributed by atoms with Crippen LogP contribution >= 0.6 is 0 Å². The molecule has 4 aliphatic rings. The number of methoxy groups -OCH3 is 2. The van der Waals surface area contributed by atoms with Gasteiger partial charge < -0.3 is 19.3 Å². The topological polar surface area (TPSA) is 74.3 Å². The number of hydrogen-bond donors (Lipinski definition) is 0. The number of carbonyl (C=O) groups is 2. The molecule has 7 nitrogen and oxygen atoms in total. The van der Waals surface area contributed by atoms with Crippen LogP contribution in [-0.4, -0.2) is 37.4 Å². The third-order valence-electron chi connectivity index (χ3n) is 6.21. The lowest BCUT2D eigenvalue weighted by Gasteiger charge is -2.38. The molecular formula is C23H23NO6. The fraction of sp³-hybridized carbons (Fsp3) is 0.391. The number of ketones is 1. The highest BCUT2D eigenvalue weighted by Crippen LogP contribution is 2.51. The van der Waals surface area contributed by atoms with Crippen molar-refractivity contribution in [3.05, 3.63) is 63.1 Å². The summed E-state index contributed by atoms with van der Waals surface area (Å²) in [6.45, 7) is 2.96. The van der Waals surface area contributed by atoms with Crippen LogP contribution < -0.4 is 4.89 Å². The minimum atomic E-state index is -0.421. The van der Waals surface area contributed by atoms with Crippen molar-refractivity contribution in [2.45, 2.75) is 38.8 Å². The minimum Gasteiger partial charge on any atom is -0.497 e. The molecule has 0 saturated heterocycles. The molecule has 0 bridgehead atoms. The maximum absolute atomic E-state index is 13.6. The Labute approximate surface area is 174 Å². The monoisotopic (exact) mass is 409 g/mol. The third-order valence-corrected chi connectivity index (χ3v) is 6.21. The Balaban J connectivity index is 1.72. The first-order valence-electron chi connectivity index (χ1n) is 10.2. The van der Waals surface area contributed by atoms with Gasteiger partial charge in [-0.3, -0.25) is 9.59 Å².